The Morgan fingerprint density at radius 2 is 1.23 bits per heavy atom. The van der Waals surface area contributed by atoms with Gasteiger partial charge in [-0.25, -0.2) is 0 Å². The number of piperidine rings is 2. The summed E-state index contributed by atoms with van der Waals surface area (Å²) in [5, 5.41) is 45.3. The first-order valence-corrected chi connectivity index (χ1v) is 11.7. The van der Waals surface area contributed by atoms with Gasteiger partial charge in [-0.15, -0.1) is 24.8 Å². The van der Waals surface area contributed by atoms with Gasteiger partial charge in [0.25, 0.3) is 0 Å². The first kappa shape index (κ1) is 33.5. The SMILES string of the molecule is CN1C(c2ccccn2)C2(C(=O)O)CN(Cc3ccccn3)CC(C(=O)O)(C1c1ccccn1)C2(O)O.Cl.Cl.[Fe]. The molecule has 2 aliphatic heterocycles. The van der Waals surface area contributed by atoms with Crippen molar-refractivity contribution in [1.29, 1.82) is 0 Å². The zero-order valence-corrected chi connectivity index (χ0v) is 24.0. The van der Waals surface area contributed by atoms with Crippen molar-refractivity contribution in [2.45, 2.75) is 24.4 Å². The van der Waals surface area contributed by atoms with E-state index in [0.717, 1.165) is 0 Å². The number of aliphatic carboxylic acids is 2. The molecule has 2 aliphatic rings. The molecular weight excluding hydrogens is 605 g/mol. The van der Waals surface area contributed by atoms with Crippen LogP contribution in [0.15, 0.2) is 73.2 Å². The van der Waals surface area contributed by atoms with E-state index in [-0.39, 0.29) is 72.9 Å². The number of rotatable bonds is 6. The largest absolute Gasteiger partial charge is 0.481 e. The number of likely N-dealkylation sites (tertiary alicyclic amines) is 2. The van der Waals surface area contributed by atoms with Crippen molar-refractivity contribution in [2.75, 3.05) is 20.1 Å². The molecule has 2 saturated heterocycles. The Hall–Kier alpha value is -2.67. The monoisotopic (exact) mass is 633 g/mol. The van der Waals surface area contributed by atoms with Gasteiger partial charge in [0.05, 0.1) is 29.2 Å². The third-order valence-corrected chi connectivity index (χ3v) is 7.75. The van der Waals surface area contributed by atoms with Gasteiger partial charge in [-0.1, -0.05) is 18.2 Å². The van der Waals surface area contributed by atoms with Gasteiger partial charge in [0.15, 0.2) is 10.8 Å². The predicted octanol–water partition coefficient (Wildman–Crippen LogP) is 1.78. The number of hydrogen-bond acceptors (Lipinski definition) is 9. The first-order chi connectivity index (χ1) is 17.7. The van der Waals surface area contributed by atoms with Crippen molar-refractivity contribution in [2.24, 2.45) is 10.8 Å². The Morgan fingerprint density at radius 1 is 0.800 bits per heavy atom. The van der Waals surface area contributed by atoms with Gasteiger partial charge in [0.2, 0.25) is 5.79 Å². The molecule has 0 amide bonds. The van der Waals surface area contributed by atoms with Gasteiger partial charge < -0.3 is 20.4 Å². The molecule has 0 spiro atoms. The number of carboxylic acid groups (broad SMARTS) is 2. The second-order valence-corrected chi connectivity index (χ2v) is 9.67. The van der Waals surface area contributed by atoms with E-state index in [4.69, 9.17) is 0 Å². The minimum absolute atomic E-state index is 0. The molecule has 4 unspecified atom stereocenters. The van der Waals surface area contributed by atoms with Crippen LogP contribution in [0.1, 0.15) is 29.2 Å². The number of pyridine rings is 3. The van der Waals surface area contributed by atoms with Crippen molar-refractivity contribution in [3.8, 4) is 0 Å². The normalized spacial score (nSPS) is 27.3. The number of nitrogens with zero attached hydrogens (tertiary/aromatic N) is 5. The third kappa shape index (κ3) is 4.78. The van der Waals surface area contributed by atoms with Crippen LogP contribution in [0.2, 0.25) is 0 Å². The molecule has 3 aromatic rings. The van der Waals surface area contributed by atoms with Crippen LogP contribution < -0.4 is 0 Å². The quantitative estimate of drug-likeness (QED) is 0.231. The van der Waals surface area contributed by atoms with Gasteiger partial charge in [-0.2, -0.15) is 0 Å². The van der Waals surface area contributed by atoms with Gasteiger partial charge in [-0.05, 0) is 43.4 Å². The number of fused-ring (bicyclic) bond motifs is 2. The van der Waals surface area contributed by atoms with Gasteiger partial charge in [0, 0.05) is 55.3 Å². The third-order valence-electron chi connectivity index (χ3n) is 7.75. The predicted molar refractivity (Wildman–Crippen MR) is 143 cm³/mol. The molecule has 5 rings (SSSR count). The van der Waals surface area contributed by atoms with E-state index in [2.05, 4.69) is 15.0 Å². The van der Waals surface area contributed by atoms with E-state index in [0.29, 0.717) is 5.69 Å². The Bertz CT molecular complexity index is 1240. The average molecular weight is 634 g/mol. The molecule has 0 radical (unpaired) electrons. The zero-order valence-electron chi connectivity index (χ0n) is 21.2. The van der Waals surface area contributed by atoms with Crippen LogP contribution >= 0.6 is 24.8 Å². The van der Waals surface area contributed by atoms with Crippen molar-refractivity contribution >= 4 is 36.8 Å². The van der Waals surface area contributed by atoms with Crippen molar-refractivity contribution < 1.29 is 47.1 Å². The second kappa shape index (κ2) is 12.5. The van der Waals surface area contributed by atoms with E-state index in [1.807, 2.05) is 0 Å². The van der Waals surface area contributed by atoms with Gasteiger partial charge >= 0.3 is 11.9 Å². The molecule has 216 valence electrons. The maximum atomic E-state index is 13.2. The van der Waals surface area contributed by atoms with E-state index in [1.165, 1.54) is 12.4 Å². The fourth-order valence-electron chi connectivity index (χ4n) is 6.28. The Balaban J connectivity index is 0.00000187. The minimum atomic E-state index is -3.20. The molecule has 0 aliphatic carbocycles. The first-order valence-electron chi connectivity index (χ1n) is 11.7. The number of carbonyl (C=O) groups is 2. The fraction of sp³-hybridized carbons (Fsp3) is 0.346. The van der Waals surface area contributed by atoms with Crippen molar-refractivity contribution in [1.82, 2.24) is 24.8 Å². The molecule has 0 aromatic carbocycles. The molecule has 2 fully saturated rings. The molecule has 3 aromatic heterocycles. The second-order valence-electron chi connectivity index (χ2n) is 9.67. The molecule has 40 heavy (non-hydrogen) atoms. The van der Waals surface area contributed by atoms with Crippen LogP contribution in [0.25, 0.3) is 0 Å². The summed E-state index contributed by atoms with van der Waals surface area (Å²) in [5.74, 6) is -6.29. The molecule has 11 nitrogen and oxygen atoms in total. The summed E-state index contributed by atoms with van der Waals surface area (Å²) in [7, 11) is 1.58. The van der Waals surface area contributed by atoms with E-state index in [9.17, 15) is 30.0 Å². The van der Waals surface area contributed by atoms with E-state index in [1.54, 1.807) is 77.6 Å². The van der Waals surface area contributed by atoms with E-state index < -0.39 is 40.6 Å². The van der Waals surface area contributed by atoms with E-state index >= 15 is 0 Å². The molecule has 14 heteroatoms. The number of carboxylic acids is 2. The molecular formula is C26H29Cl2FeN5O6. The molecule has 0 saturated carbocycles. The van der Waals surface area contributed by atoms with Gasteiger partial charge in [-0.3, -0.25) is 34.3 Å². The Labute approximate surface area is 253 Å². The summed E-state index contributed by atoms with van der Waals surface area (Å²) < 4.78 is 0. The molecule has 4 N–H and O–H groups in total. The van der Waals surface area contributed by atoms with Crippen LogP contribution in [0.4, 0.5) is 0 Å². The number of hydrogen-bond donors (Lipinski definition) is 4. The maximum absolute atomic E-state index is 13.2. The smallest absolute Gasteiger partial charge is 0.318 e. The fourth-order valence-corrected chi connectivity index (χ4v) is 6.28. The van der Waals surface area contributed by atoms with Crippen molar-refractivity contribution in [3.63, 3.8) is 0 Å². The van der Waals surface area contributed by atoms with Crippen LogP contribution in [-0.2, 0) is 33.2 Å². The summed E-state index contributed by atoms with van der Waals surface area (Å²) >= 11 is 0. The van der Waals surface area contributed by atoms with Crippen LogP contribution in [-0.4, -0.2) is 83.0 Å². The number of aliphatic hydroxyl groups is 2. The number of aromatic nitrogens is 3. The van der Waals surface area contributed by atoms with Crippen LogP contribution in [0.5, 0.6) is 0 Å². The Kier molecular flexibility index (Phi) is 10.4. The maximum Gasteiger partial charge on any atom is 0.318 e. The minimum Gasteiger partial charge on any atom is -0.481 e. The van der Waals surface area contributed by atoms with Gasteiger partial charge in [0.1, 0.15) is 0 Å². The Morgan fingerprint density at radius 3 is 1.57 bits per heavy atom. The summed E-state index contributed by atoms with van der Waals surface area (Å²) in [4.78, 5) is 42.7. The van der Waals surface area contributed by atoms with Crippen molar-refractivity contribution in [3.05, 3.63) is 90.3 Å². The summed E-state index contributed by atoms with van der Waals surface area (Å²) in [6.07, 6.45) is 4.56. The zero-order chi connectivity index (χ0) is 26.4. The molecule has 4 atom stereocenters. The summed E-state index contributed by atoms with van der Waals surface area (Å²) in [6, 6.07) is 12.7. The average Bonchev–Trinajstić information content (AvgIpc) is 2.87. The topological polar surface area (TPSA) is 160 Å². The molecule has 5 heterocycles. The molecule has 2 bridgehead atoms. The van der Waals surface area contributed by atoms with Crippen LogP contribution in [0, 0.1) is 10.8 Å². The van der Waals surface area contributed by atoms with Crippen LogP contribution in [0.3, 0.4) is 0 Å². The standard InChI is InChI=1S/C26H27N5O6.2ClH.Fe/c1-30-20(18-9-3-6-12-28-18)24(22(32)33)15-31(14-17-8-2-5-11-27-17)16-25(23(34)35,26(24,36)37)21(30)19-10-4-7-13-29-19;;;/h2-13,20-21,36-37H,14-16H2,1H3,(H,32,33)(H,34,35);2*1H;. The number of halogens is 2. The summed E-state index contributed by atoms with van der Waals surface area (Å²) in [6.45, 7) is -0.614. The summed E-state index contributed by atoms with van der Waals surface area (Å²) in [5.41, 5.74) is -3.68.